The van der Waals surface area contributed by atoms with Gasteiger partial charge in [0.15, 0.2) is 0 Å². The Morgan fingerprint density at radius 1 is 1.41 bits per heavy atom. The minimum atomic E-state index is -0.331. The van der Waals surface area contributed by atoms with Gasteiger partial charge in [0.1, 0.15) is 12.4 Å². The van der Waals surface area contributed by atoms with Crippen molar-refractivity contribution in [2.24, 2.45) is 5.92 Å². The van der Waals surface area contributed by atoms with Crippen molar-refractivity contribution in [1.82, 2.24) is 4.90 Å². The molecule has 0 bridgehead atoms. The van der Waals surface area contributed by atoms with Crippen LogP contribution >= 0.6 is 0 Å². The van der Waals surface area contributed by atoms with Crippen LogP contribution < -0.4 is 4.74 Å². The number of hydrogen-bond acceptors (Lipinski definition) is 3. The summed E-state index contributed by atoms with van der Waals surface area (Å²) in [5.74, 6) is 1.18. The molecule has 1 aliphatic carbocycles. The van der Waals surface area contributed by atoms with E-state index >= 15 is 0 Å². The first-order chi connectivity index (χ1) is 8.08. The first kappa shape index (κ1) is 12.4. The number of ether oxygens (including phenoxy) is 1. The molecule has 3 heteroatoms. The molecule has 0 fully saturated rings. The van der Waals surface area contributed by atoms with Gasteiger partial charge in [-0.25, -0.2) is 0 Å². The molecule has 0 spiro atoms. The number of rotatable bonds is 4. The lowest BCUT2D eigenvalue weighted by molar-refractivity contribution is 0.132. The van der Waals surface area contributed by atoms with E-state index < -0.39 is 0 Å². The molecule has 17 heavy (non-hydrogen) atoms. The molecule has 0 saturated carbocycles. The Morgan fingerprint density at radius 2 is 2.18 bits per heavy atom. The molecule has 2 rings (SSSR count). The van der Waals surface area contributed by atoms with Gasteiger partial charge in [0.05, 0.1) is 6.10 Å². The Balaban J connectivity index is 2.02. The number of hydrogen-bond donors (Lipinski definition) is 1. The van der Waals surface area contributed by atoms with Crippen molar-refractivity contribution in [3.63, 3.8) is 0 Å². The van der Waals surface area contributed by atoms with Gasteiger partial charge < -0.3 is 14.7 Å². The van der Waals surface area contributed by atoms with Gasteiger partial charge in [-0.15, -0.1) is 0 Å². The number of benzene rings is 1. The molecule has 1 aliphatic rings. The van der Waals surface area contributed by atoms with Crippen molar-refractivity contribution < 1.29 is 9.84 Å². The maximum absolute atomic E-state index is 10.0. The zero-order chi connectivity index (χ0) is 12.4. The third-order valence-electron chi connectivity index (χ3n) is 3.32. The van der Waals surface area contributed by atoms with E-state index in [0.29, 0.717) is 12.5 Å². The van der Waals surface area contributed by atoms with Gasteiger partial charge in [-0.05, 0) is 49.7 Å². The summed E-state index contributed by atoms with van der Waals surface area (Å²) in [5, 5.41) is 10.0. The predicted molar refractivity (Wildman–Crippen MR) is 68.3 cm³/mol. The second kappa shape index (κ2) is 5.07. The first-order valence-corrected chi connectivity index (χ1v) is 6.16. The highest BCUT2D eigenvalue weighted by atomic mass is 16.5. The second-order valence-electron chi connectivity index (χ2n) is 5.14. The van der Waals surface area contributed by atoms with E-state index in [1.807, 2.05) is 26.2 Å². The fourth-order valence-corrected chi connectivity index (χ4v) is 2.24. The SMILES string of the molecule is CC1Cc2ccc(OCCN(C)C)cc2C1O. The van der Waals surface area contributed by atoms with Gasteiger partial charge in [0.2, 0.25) is 0 Å². The minimum Gasteiger partial charge on any atom is -0.492 e. The van der Waals surface area contributed by atoms with Crippen molar-refractivity contribution in [3.8, 4) is 5.75 Å². The van der Waals surface area contributed by atoms with Crippen molar-refractivity contribution in [2.45, 2.75) is 19.4 Å². The van der Waals surface area contributed by atoms with Crippen LogP contribution in [0.5, 0.6) is 5.75 Å². The molecule has 0 saturated heterocycles. The van der Waals surface area contributed by atoms with Crippen LogP contribution in [0, 0.1) is 5.92 Å². The van der Waals surface area contributed by atoms with E-state index in [4.69, 9.17) is 4.74 Å². The van der Waals surface area contributed by atoms with E-state index in [1.54, 1.807) is 0 Å². The molecule has 0 aromatic heterocycles. The average Bonchev–Trinajstić information content (AvgIpc) is 2.55. The monoisotopic (exact) mass is 235 g/mol. The lowest BCUT2D eigenvalue weighted by atomic mass is 10.1. The van der Waals surface area contributed by atoms with Crippen molar-refractivity contribution in [3.05, 3.63) is 29.3 Å². The summed E-state index contributed by atoms with van der Waals surface area (Å²) in [4.78, 5) is 2.09. The van der Waals surface area contributed by atoms with Crippen LogP contribution in [0.1, 0.15) is 24.2 Å². The minimum absolute atomic E-state index is 0.321. The fraction of sp³-hybridized carbons (Fsp3) is 0.571. The van der Waals surface area contributed by atoms with Crippen molar-refractivity contribution >= 4 is 0 Å². The Hall–Kier alpha value is -1.06. The topological polar surface area (TPSA) is 32.7 Å². The Morgan fingerprint density at radius 3 is 2.88 bits per heavy atom. The molecule has 3 nitrogen and oxygen atoms in total. The molecule has 2 atom stereocenters. The van der Waals surface area contributed by atoms with Crippen molar-refractivity contribution in [1.29, 1.82) is 0 Å². The van der Waals surface area contributed by atoms with Crippen LogP contribution in [-0.4, -0.2) is 37.3 Å². The summed E-state index contributed by atoms with van der Waals surface area (Å²) in [6.07, 6.45) is 0.636. The number of aliphatic hydroxyl groups is 1. The lowest BCUT2D eigenvalue weighted by Crippen LogP contribution is -2.19. The van der Waals surface area contributed by atoms with Gasteiger partial charge in [-0.3, -0.25) is 0 Å². The summed E-state index contributed by atoms with van der Waals surface area (Å²) in [7, 11) is 4.05. The molecule has 94 valence electrons. The average molecular weight is 235 g/mol. The van der Waals surface area contributed by atoms with Gasteiger partial charge in [0, 0.05) is 6.54 Å². The molecular weight excluding hydrogens is 214 g/mol. The zero-order valence-corrected chi connectivity index (χ0v) is 10.8. The largest absolute Gasteiger partial charge is 0.492 e. The molecule has 2 unspecified atom stereocenters. The fourth-order valence-electron chi connectivity index (χ4n) is 2.24. The maximum atomic E-state index is 10.0. The third kappa shape index (κ3) is 2.79. The molecule has 0 heterocycles. The van der Waals surface area contributed by atoms with Crippen LogP contribution in [0.25, 0.3) is 0 Å². The van der Waals surface area contributed by atoms with E-state index in [9.17, 15) is 5.11 Å². The molecule has 1 aromatic rings. The summed E-state index contributed by atoms with van der Waals surface area (Å²) in [5.41, 5.74) is 2.30. The molecular formula is C14H21NO2. The van der Waals surface area contributed by atoms with Gasteiger partial charge in [-0.2, -0.15) is 0 Å². The van der Waals surface area contributed by atoms with Crippen LogP contribution in [0.15, 0.2) is 18.2 Å². The lowest BCUT2D eigenvalue weighted by Gasteiger charge is -2.13. The van der Waals surface area contributed by atoms with Gasteiger partial charge in [-0.1, -0.05) is 13.0 Å². The molecule has 1 aromatic carbocycles. The Labute approximate surface area is 103 Å². The van der Waals surface area contributed by atoms with E-state index in [2.05, 4.69) is 17.9 Å². The molecule has 1 N–H and O–H groups in total. The van der Waals surface area contributed by atoms with Crippen LogP contribution in [-0.2, 0) is 6.42 Å². The number of nitrogens with zero attached hydrogens (tertiary/aromatic N) is 1. The molecule has 0 radical (unpaired) electrons. The smallest absolute Gasteiger partial charge is 0.119 e. The quantitative estimate of drug-likeness (QED) is 0.864. The second-order valence-corrected chi connectivity index (χ2v) is 5.14. The number of aliphatic hydroxyl groups excluding tert-OH is 1. The number of fused-ring (bicyclic) bond motifs is 1. The van der Waals surface area contributed by atoms with Crippen LogP contribution in [0.4, 0.5) is 0 Å². The van der Waals surface area contributed by atoms with Crippen molar-refractivity contribution in [2.75, 3.05) is 27.2 Å². The first-order valence-electron chi connectivity index (χ1n) is 6.16. The van der Waals surface area contributed by atoms with Gasteiger partial charge in [0.25, 0.3) is 0 Å². The normalized spacial score (nSPS) is 22.9. The number of likely N-dealkylation sites (N-methyl/N-ethyl adjacent to an activating group) is 1. The Bertz CT molecular complexity index is 390. The van der Waals surface area contributed by atoms with E-state index in [-0.39, 0.29) is 6.10 Å². The van der Waals surface area contributed by atoms with E-state index in [0.717, 1.165) is 24.3 Å². The highest BCUT2D eigenvalue weighted by molar-refractivity contribution is 5.40. The highest BCUT2D eigenvalue weighted by Crippen LogP contribution is 2.37. The van der Waals surface area contributed by atoms with E-state index in [1.165, 1.54) is 5.56 Å². The maximum Gasteiger partial charge on any atom is 0.119 e. The van der Waals surface area contributed by atoms with Crippen LogP contribution in [0.2, 0.25) is 0 Å². The predicted octanol–water partition coefficient (Wildman–Crippen LogP) is 1.85. The molecule has 0 amide bonds. The highest BCUT2D eigenvalue weighted by Gasteiger charge is 2.27. The molecule has 0 aliphatic heterocycles. The summed E-state index contributed by atoms with van der Waals surface area (Å²) in [6, 6.07) is 6.06. The Kier molecular flexibility index (Phi) is 3.69. The third-order valence-corrected chi connectivity index (χ3v) is 3.32. The zero-order valence-electron chi connectivity index (χ0n) is 10.8. The standard InChI is InChI=1S/C14H21NO2/c1-10-8-11-4-5-12(9-13(11)14(10)16)17-7-6-15(2)3/h4-5,9-10,14,16H,6-8H2,1-3H3. The summed E-state index contributed by atoms with van der Waals surface area (Å²) >= 11 is 0. The van der Waals surface area contributed by atoms with Crippen LogP contribution in [0.3, 0.4) is 0 Å². The van der Waals surface area contributed by atoms with Gasteiger partial charge >= 0.3 is 0 Å². The summed E-state index contributed by atoms with van der Waals surface area (Å²) < 4.78 is 5.67. The summed E-state index contributed by atoms with van der Waals surface area (Å²) in [6.45, 7) is 3.66.